The lowest BCUT2D eigenvalue weighted by atomic mass is 9.71. The zero-order valence-corrected chi connectivity index (χ0v) is 11.8. The molecule has 0 aliphatic carbocycles. The quantitative estimate of drug-likeness (QED) is 0.783. The lowest BCUT2D eigenvalue weighted by molar-refractivity contribution is -0.131. The molecule has 4 nitrogen and oxygen atoms in total. The fourth-order valence-electron chi connectivity index (χ4n) is 3.30. The third-order valence-corrected chi connectivity index (χ3v) is 4.68. The van der Waals surface area contributed by atoms with Gasteiger partial charge in [0, 0.05) is 44.2 Å². The van der Waals surface area contributed by atoms with Crippen LogP contribution in [0.15, 0.2) is 24.3 Å². The van der Waals surface area contributed by atoms with Crippen LogP contribution in [0.5, 0.6) is 0 Å². The third-order valence-electron chi connectivity index (χ3n) is 4.68. The number of amides is 1. The molecule has 104 valence electrons. The van der Waals surface area contributed by atoms with Crippen molar-refractivity contribution in [1.82, 2.24) is 4.90 Å². The summed E-state index contributed by atoms with van der Waals surface area (Å²) < 4.78 is 0. The maximum atomic E-state index is 11.4. The van der Waals surface area contributed by atoms with Gasteiger partial charge in [0.05, 0.1) is 11.6 Å². The Morgan fingerprint density at radius 2 is 1.80 bits per heavy atom. The van der Waals surface area contributed by atoms with Crippen molar-refractivity contribution >= 4 is 11.6 Å². The van der Waals surface area contributed by atoms with Crippen LogP contribution < -0.4 is 4.90 Å². The maximum Gasteiger partial charge on any atom is 0.219 e. The number of carbonyl (C=O) groups is 1. The predicted molar refractivity (Wildman–Crippen MR) is 77.3 cm³/mol. The van der Waals surface area contributed by atoms with Crippen LogP contribution in [0.25, 0.3) is 0 Å². The molecule has 2 aliphatic heterocycles. The van der Waals surface area contributed by atoms with E-state index < -0.39 is 0 Å². The van der Waals surface area contributed by atoms with Crippen molar-refractivity contribution in [2.45, 2.75) is 19.8 Å². The number of nitrogens with zero attached hydrogens (tertiary/aromatic N) is 3. The third kappa shape index (κ3) is 2.24. The number of likely N-dealkylation sites (tertiary alicyclic amines) is 1. The zero-order chi connectivity index (χ0) is 14.2. The topological polar surface area (TPSA) is 47.3 Å². The summed E-state index contributed by atoms with van der Waals surface area (Å²) in [5, 5.41) is 8.81. The average Bonchev–Trinajstić information content (AvgIpc) is 2.45. The molecule has 1 amide bonds. The van der Waals surface area contributed by atoms with Crippen molar-refractivity contribution in [3.8, 4) is 6.07 Å². The van der Waals surface area contributed by atoms with Gasteiger partial charge in [0.1, 0.15) is 0 Å². The summed E-state index contributed by atoms with van der Waals surface area (Å²) in [7, 11) is 0. The molecule has 2 aliphatic rings. The van der Waals surface area contributed by atoms with Crippen LogP contribution in [-0.4, -0.2) is 37.0 Å². The fourth-order valence-corrected chi connectivity index (χ4v) is 3.30. The second-order valence-corrected chi connectivity index (χ2v) is 6.02. The SMILES string of the molecule is CC(=O)N1CCC2(CC1)CN(c1ccc(C#N)cc1)C2. The molecule has 0 atom stereocenters. The molecule has 0 radical (unpaired) electrons. The molecule has 4 heteroatoms. The van der Waals surface area contributed by atoms with Crippen molar-refractivity contribution in [3.05, 3.63) is 29.8 Å². The molecule has 0 unspecified atom stereocenters. The Morgan fingerprint density at radius 1 is 1.20 bits per heavy atom. The molecule has 1 aromatic carbocycles. The standard InChI is InChI=1S/C16H19N3O/c1-13(20)18-8-6-16(7-9-18)11-19(12-16)15-4-2-14(10-17)3-5-15/h2-5H,6-9,11-12H2,1H3. The van der Waals surface area contributed by atoms with E-state index in [1.807, 2.05) is 29.2 Å². The Hall–Kier alpha value is -2.02. The van der Waals surface area contributed by atoms with Crippen molar-refractivity contribution in [2.24, 2.45) is 5.41 Å². The second-order valence-electron chi connectivity index (χ2n) is 6.02. The van der Waals surface area contributed by atoms with Crippen LogP contribution in [-0.2, 0) is 4.79 Å². The number of carbonyl (C=O) groups excluding carboxylic acids is 1. The summed E-state index contributed by atoms with van der Waals surface area (Å²) in [6.07, 6.45) is 2.22. The van der Waals surface area contributed by atoms with Gasteiger partial charge in [-0.25, -0.2) is 0 Å². The van der Waals surface area contributed by atoms with E-state index in [1.165, 1.54) is 5.69 Å². The second kappa shape index (κ2) is 4.82. The van der Waals surface area contributed by atoms with Crippen molar-refractivity contribution in [2.75, 3.05) is 31.1 Å². The normalized spacial score (nSPS) is 20.4. The van der Waals surface area contributed by atoms with Gasteiger partial charge in [-0.05, 0) is 37.1 Å². The van der Waals surface area contributed by atoms with E-state index in [4.69, 9.17) is 5.26 Å². The molecule has 0 N–H and O–H groups in total. The minimum atomic E-state index is 0.197. The first-order valence-electron chi connectivity index (χ1n) is 7.13. The number of rotatable bonds is 1. The van der Waals surface area contributed by atoms with Gasteiger partial charge in [0.25, 0.3) is 0 Å². The number of nitriles is 1. The van der Waals surface area contributed by atoms with Crippen LogP contribution in [0, 0.1) is 16.7 Å². The van der Waals surface area contributed by atoms with Gasteiger partial charge in [-0.2, -0.15) is 5.26 Å². The van der Waals surface area contributed by atoms with Gasteiger partial charge in [-0.15, -0.1) is 0 Å². The Morgan fingerprint density at radius 3 is 2.30 bits per heavy atom. The molecule has 0 aromatic heterocycles. The van der Waals surface area contributed by atoms with Crippen molar-refractivity contribution in [3.63, 3.8) is 0 Å². The molecule has 20 heavy (non-hydrogen) atoms. The fraction of sp³-hybridized carbons (Fsp3) is 0.500. The molecular formula is C16H19N3O. The van der Waals surface area contributed by atoms with Gasteiger partial charge in [0.15, 0.2) is 0 Å². The number of hydrogen-bond donors (Lipinski definition) is 0. The summed E-state index contributed by atoms with van der Waals surface area (Å²) in [6.45, 7) is 5.60. The van der Waals surface area contributed by atoms with E-state index >= 15 is 0 Å². The minimum Gasteiger partial charge on any atom is -0.370 e. The van der Waals surface area contributed by atoms with Crippen LogP contribution in [0.1, 0.15) is 25.3 Å². The van der Waals surface area contributed by atoms with Gasteiger partial charge in [-0.1, -0.05) is 0 Å². The molecule has 0 saturated carbocycles. The Labute approximate surface area is 119 Å². The summed E-state index contributed by atoms with van der Waals surface area (Å²) in [5.41, 5.74) is 2.31. The van der Waals surface area contributed by atoms with Gasteiger partial charge in [0.2, 0.25) is 5.91 Å². The van der Waals surface area contributed by atoms with Gasteiger partial charge in [-0.3, -0.25) is 4.79 Å². The number of benzene rings is 1. The van der Waals surface area contributed by atoms with E-state index in [-0.39, 0.29) is 5.91 Å². The smallest absolute Gasteiger partial charge is 0.219 e. The lowest BCUT2D eigenvalue weighted by Crippen LogP contribution is -2.60. The number of piperidine rings is 1. The summed E-state index contributed by atoms with van der Waals surface area (Å²) in [4.78, 5) is 15.7. The highest BCUT2D eigenvalue weighted by Gasteiger charge is 2.45. The van der Waals surface area contributed by atoms with Crippen molar-refractivity contribution < 1.29 is 4.79 Å². The average molecular weight is 269 g/mol. The van der Waals surface area contributed by atoms with E-state index in [2.05, 4.69) is 11.0 Å². The summed E-state index contributed by atoms with van der Waals surface area (Å²) in [6, 6.07) is 9.94. The molecule has 2 saturated heterocycles. The highest BCUT2D eigenvalue weighted by Crippen LogP contribution is 2.42. The van der Waals surface area contributed by atoms with Crippen molar-refractivity contribution in [1.29, 1.82) is 5.26 Å². The number of hydrogen-bond acceptors (Lipinski definition) is 3. The Bertz CT molecular complexity index is 542. The molecule has 3 rings (SSSR count). The molecule has 0 bridgehead atoms. The molecular weight excluding hydrogens is 250 g/mol. The van der Waals surface area contributed by atoms with Crippen LogP contribution >= 0.6 is 0 Å². The van der Waals surface area contributed by atoms with E-state index in [0.717, 1.165) is 39.0 Å². The molecule has 1 aromatic rings. The van der Waals surface area contributed by atoms with Crippen LogP contribution in [0.4, 0.5) is 5.69 Å². The number of anilines is 1. The zero-order valence-electron chi connectivity index (χ0n) is 11.8. The first-order valence-corrected chi connectivity index (χ1v) is 7.13. The van der Waals surface area contributed by atoms with Crippen LogP contribution in [0.2, 0.25) is 0 Å². The largest absolute Gasteiger partial charge is 0.370 e. The lowest BCUT2D eigenvalue weighted by Gasteiger charge is -2.55. The maximum absolute atomic E-state index is 11.4. The highest BCUT2D eigenvalue weighted by atomic mass is 16.2. The molecule has 2 heterocycles. The van der Waals surface area contributed by atoms with Gasteiger partial charge >= 0.3 is 0 Å². The van der Waals surface area contributed by atoms with E-state index in [9.17, 15) is 4.79 Å². The summed E-state index contributed by atoms with van der Waals surface area (Å²) in [5.74, 6) is 0.197. The molecule has 2 fully saturated rings. The predicted octanol–water partition coefficient (Wildman–Crippen LogP) is 2.01. The van der Waals surface area contributed by atoms with E-state index in [0.29, 0.717) is 11.0 Å². The summed E-state index contributed by atoms with van der Waals surface area (Å²) >= 11 is 0. The van der Waals surface area contributed by atoms with Crippen LogP contribution in [0.3, 0.4) is 0 Å². The molecule has 1 spiro atoms. The Balaban J connectivity index is 1.58. The minimum absolute atomic E-state index is 0.197. The van der Waals surface area contributed by atoms with E-state index in [1.54, 1.807) is 6.92 Å². The monoisotopic (exact) mass is 269 g/mol. The Kier molecular flexibility index (Phi) is 3.13. The van der Waals surface area contributed by atoms with Gasteiger partial charge < -0.3 is 9.80 Å². The first kappa shape index (κ1) is 13.0. The highest BCUT2D eigenvalue weighted by molar-refractivity contribution is 5.73. The first-order chi connectivity index (χ1) is 9.62.